The van der Waals surface area contributed by atoms with E-state index in [1.54, 1.807) is 6.07 Å². The van der Waals surface area contributed by atoms with Crippen LogP contribution in [0.1, 0.15) is 40.6 Å². The number of nitrogens with one attached hydrogen (secondary N) is 1. The van der Waals surface area contributed by atoms with Gasteiger partial charge in [-0.15, -0.1) is 0 Å². The predicted octanol–water partition coefficient (Wildman–Crippen LogP) is 2.79. The van der Waals surface area contributed by atoms with Gasteiger partial charge in [0.1, 0.15) is 5.76 Å². The van der Waals surface area contributed by atoms with Crippen LogP contribution in [-0.4, -0.2) is 17.0 Å². The summed E-state index contributed by atoms with van der Waals surface area (Å²) >= 11 is 0. The molecule has 2 aromatic rings. The zero-order valence-corrected chi connectivity index (χ0v) is 12.0. The van der Waals surface area contributed by atoms with Gasteiger partial charge in [0, 0.05) is 0 Å². The number of benzene rings is 1. The summed E-state index contributed by atoms with van der Waals surface area (Å²) in [5.41, 5.74) is 1.02. The van der Waals surface area contributed by atoms with Crippen molar-refractivity contribution in [1.82, 2.24) is 5.32 Å². The Kier molecular flexibility index (Phi) is 3.96. The van der Waals surface area contributed by atoms with Gasteiger partial charge in [-0.2, -0.15) is 0 Å². The first kappa shape index (κ1) is 14.4. The topological polar surface area (TPSA) is 79.5 Å². The largest absolute Gasteiger partial charge is 0.475 e. The molecule has 0 spiro atoms. The van der Waals surface area contributed by atoms with Crippen molar-refractivity contribution in [2.75, 3.05) is 0 Å². The number of rotatable bonds is 6. The smallest absolute Gasteiger partial charge is 0.371 e. The molecule has 0 radical (unpaired) electrons. The Balaban J connectivity index is 1.65. The van der Waals surface area contributed by atoms with Crippen molar-refractivity contribution in [2.24, 2.45) is 5.92 Å². The molecule has 1 amide bonds. The Hall–Kier alpha value is -2.56. The van der Waals surface area contributed by atoms with E-state index in [2.05, 4.69) is 5.32 Å². The number of carboxylic acids is 1. The monoisotopic (exact) mass is 299 g/mol. The van der Waals surface area contributed by atoms with E-state index in [0.717, 1.165) is 18.4 Å². The Labute approximate surface area is 127 Å². The van der Waals surface area contributed by atoms with E-state index in [4.69, 9.17) is 9.52 Å². The van der Waals surface area contributed by atoms with E-state index in [-0.39, 0.29) is 24.1 Å². The maximum absolute atomic E-state index is 12.5. The molecule has 5 heteroatoms. The average Bonchev–Trinajstić information content (AvgIpc) is 3.22. The van der Waals surface area contributed by atoms with Crippen molar-refractivity contribution >= 4 is 11.9 Å². The standard InChI is InChI=1S/C17H17NO4/c19-16(18-10-13-8-9-14(22-13)17(20)21)15(12-6-7-12)11-4-2-1-3-5-11/h1-5,8-9,12,15H,6-7,10H2,(H,18,19)(H,20,21)/t15-/m1/s1. The van der Waals surface area contributed by atoms with E-state index < -0.39 is 5.97 Å². The molecule has 0 unspecified atom stereocenters. The number of carbonyl (C=O) groups is 2. The first-order valence-electron chi connectivity index (χ1n) is 7.30. The minimum Gasteiger partial charge on any atom is -0.475 e. The minimum absolute atomic E-state index is 0.0398. The molecule has 1 aromatic carbocycles. The van der Waals surface area contributed by atoms with E-state index in [1.165, 1.54) is 6.07 Å². The summed E-state index contributed by atoms with van der Waals surface area (Å²) in [6, 6.07) is 12.7. The lowest BCUT2D eigenvalue weighted by molar-refractivity contribution is -0.123. The fourth-order valence-electron chi connectivity index (χ4n) is 2.60. The second-order valence-corrected chi connectivity index (χ2v) is 5.51. The van der Waals surface area contributed by atoms with Crippen LogP contribution in [-0.2, 0) is 11.3 Å². The van der Waals surface area contributed by atoms with E-state index in [9.17, 15) is 9.59 Å². The SMILES string of the molecule is O=C(O)c1ccc(CNC(=O)[C@H](c2ccccc2)C2CC2)o1. The maximum atomic E-state index is 12.5. The molecule has 1 aliphatic carbocycles. The third-order valence-corrected chi connectivity index (χ3v) is 3.84. The minimum atomic E-state index is -1.11. The van der Waals surface area contributed by atoms with Gasteiger partial charge in [0.15, 0.2) is 0 Å². The summed E-state index contributed by atoms with van der Waals surface area (Å²) in [6.07, 6.45) is 2.13. The quantitative estimate of drug-likeness (QED) is 0.859. The van der Waals surface area contributed by atoms with Gasteiger partial charge in [0.25, 0.3) is 0 Å². The molecule has 1 atom stereocenters. The molecule has 1 aromatic heterocycles. The molecule has 1 heterocycles. The van der Waals surface area contributed by atoms with Crippen LogP contribution in [0.15, 0.2) is 46.9 Å². The predicted molar refractivity (Wildman–Crippen MR) is 79.4 cm³/mol. The second kappa shape index (κ2) is 6.05. The molecule has 1 fully saturated rings. The molecule has 22 heavy (non-hydrogen) atoms. The second-order valence-electron chi connectivity index (χ2n) is 5.51. The van der Waals surface area contributed by atoms with Crippen molar-refractivity contribution in [3.05, 3.63) is 59.5 Å². The summed E-state index contributed by atoms with van der Waals surface area (Å²) < 4.78 is 5.14. The van der Waals surface area contributed by atoms with Gasteiger partial charge in [-0.25, -0.2) is 4.79 Å². The summed E-state index contributed by atoms with van der Waals surface area (Å²) in [4.78, 5) is 23.2. The van der Waals surface area contributed by atoms with Gasteiger partial charge in [-0.3, -0.25) is 4.79 Å². The molecule has 1 saturated carbocycles. The van der Waals surface area contributed by atoms with E-state index >= 15 is 0 Å². The van der Waals surface area contributed by atoms with Crippen LogP contribution in [0.5, 0.6) is 0 Å². The molecule has 0 aliphatic heterocycles. The molecule has 5 nitrogen and oxygen atoms in total. The van der Waals surface area contributed by atoms with Crippen LogP contribution in [0.2, 0.25) is 0 Å². The zero-order valence-electron chi connectivity index (χ0n) is 12.0. The lowest BCUT2D eigenvalue weighted by atomic mass is 9.93. The summed E-state index contributed by atoms with van der Waals surface area (Å²) in [5.74, 6) is -0.581. The van der Waals surface area contributed by atoms with Crippen molar-refractivity contribution < 1.29 is 19.1 Å². The number of furan rings is 1. The highest BCUT2D eigenvalue weighted by atomic mass is 16.4. The summed E-state index contributed by atoms with van der Waals surface area (Å²) in [6.45, 7) is 0.197. The Morgan fingerprint density at radius 3 is 2.50 bits per heavy atom. The Morgan fingerprint density at radius 2 is 1.91 bits per heavy atom. The van der Waals surface area contributed by atoms with Gasteiger partial charge in [0.2, 0.25) is 11.7 Å². The molecule has 1 aliphatic rings. The van der Waals surface area contributed by atoms with Crippen molar-refractivity contribution in [2.45, 2.75) is 25.3 Å². The first-order chi connectivity index (χ1) is 10.6. The lowest BCUT2D eigenvalue weighted by Crippen LogP contribution is -2.30. The van der Waals surface area contributed by atoms with Gasteiger partial charge < -0.3 is 14.8 Å². The Bertz CT molecular complexity index is 673. The van der Waals surface area contributed by atoms with Crippen molar-refractivity contribution in [3.8, 4) is 0 Å². The molecule has 3 rings (SSSR count). The van der Waals surface area contributed by atoms with Crippen LogP contribution >= 0.6 is 0 Å². The molecule has 2 N–H and O–H groups in total. The number of hydrogen-bond donors (Lipinski definition) is 2. The molecular formula is C17H17NO4. The number of carbonyl (C=O) groups excluding carboxylic acids is 1. The van der Waals surface area contributed by atoms with Crippen LogP contribution in [0, 0.1) is 5.92 Å². The normalized spacial score (nSPS) is 15.3. The Morgan fingerprint density at radius 1 is 1.18 bits per heavy atom. The van der Waals surface area contributed by atoms with Crippen molar-refractivity contribution in [3.63, 3.8) is 0 Å². The summed E-state index contributed by atoms with van der Waals surface area (Å²) in [5, 5.41) is 11.7. The molecule has 114 valence electrons. The van der Waals surface area contributed by atoms with Gasteiger partial charge >= 0.3 is 5.97 Å². The molecule has 0 saturated heterocycles. The fourth-order valence-corrected chi connectivity index (χ4v) is 2.60. The third kappa shape index (κ3) is 3.19. The van der Waals surface area contributed by atoms with E-state index in [1.807, 2.05) is 30.3 Å². The number of carboxylic acid groups (broad SMARTS) is 1. The highest BCUT2D eigenvalue weighted by Gasteiger charge is 2.37. The maximum Gasteiger partial charge on any atom is 0.371 e. The third-order valence-electron chi connectivity index (χ3n) is 3.84. The van der Waals surface area contributed by atoms with Gasteiger partial charge in [0.05, 0.1) is 12.5 Å². The number of hydrogen-bond acceptors (Lipinski definition) is 3. The highest BCUT2D eigenvalue weighted by Crippen LogP contribution is 2.42. The van der Waals surface area contributed by atoms with Gasteiger partial charge in [-0.05, 0) is 36.5 Å². The highest BCUT2D eigenvalue weighted by molar-refractivity contribution is 5.85. The van der Waals surface area contributed by atoms with E-state index in [0.29, 0.717) is 11.7 Å². The average molecular weight is 299 g/mol. The first-order valence-corrected chi connectivity index (χ1v) is 7.30. The van der Waals surface area contributed by atoms with Crippen LogP contribution < -0.4 is 5.32 Å². The zero-order chi connectivity index (χ0) is 15.5. The molecular weight excluding hydrogens is 282 g/mol. The number of aromatic carboxylic acids is 1. The number of amides is 1. The lowest BCUT2D eigenvalue weighted by Gasteiger charge is -2.16. The fraction of sp³-hybridized carbons (Fsp3) is 0.294. The van der Waals surface area contributed by atoms with Gasteiger partial charge in [-0.1, -0.05) is 30.3 Å². The van der Waals surface area contributed by atoms with Crippen molar-refractivity contribution in [1.29, 1.82) is 0 Å². The molecule has 0 bridgehead atoms. The van der Waals surface area contributed by atoms with Crippen LogP contribution in [0.4, 0.5) is 0 Å². The van der Waals surface area contributed by atoms with Crippen LogP contribution in [0.3, 0.4) is 0 Å². The van der Waals surface area contributed by atoms with Crippen LogP contribution in [0.25, 0.3) is 0 Å². The summed E-state index contributed by atoms with van der Waals surface area (Å²) in [7, 11) is 0.